The normalized spacial score (nSPS) is 14.6. The van der Waals surface area contributed by atoms with Gasteiger partial charge in [-0.3, -0.25) is 0 Å². The highest BCUT2D eigenvalue weighted by molar-refractivity contribution is 9.10. The molecule has 1 aliphatic rings. The second-order valence-electron chi connectivity index (χ2n) is 3.42. The van der Waals surface area contributed by atoms with Gasteiger partial charge in [-0.15, -0.1) is 0 Å². The molecule has 0 atom stereocenters. The third-order valence-corrected chi connectivity index (χ3v) is 2.71. The van der Waals surface area contributed by atoms with E-state index in [0.717, 1.165) is 23.1 Å². The van der Waals surface area contributed by atoms with Gasteiger partial charge < -0.3 is 14.2 Å². The van der Waals surface area contributed by atoms with E-state index in [9.17, 15) is 0 Å². The van der Waals surface area contributed by atoms with Gasteiger partial charge >= 0.3 is 0 Å². The molecule has 3 nitrogen and oxygen atoms in total. The molecule has 0 fully saturated rings. The minimum Gasteiger partial charge on any atom is -0.494 e. The van der Waals surface area contributed by atoms with Crippen LogP contribution in [-0.2, 0) is 9.47 Å². The average molecular weight is 285 g/mol. The van der Waals surface area contributed by atoms with E-state index in [1.54, 1.807) is 12.5 Å². The first-order chi connectivity index (χ1) is 7.84. The van der Waals surface area contributed by atoms with Gasteiger partial charge in [0.05, 0.1) is 6.61 Å². The predicted molar refractivity (Wildman–Crippen MR) is 64.0 cm³/mol. The summed E-state index contributed by atoms with van der Waals surface area (Å²) in [6, 6.07) is 7.80. The molecule has 0 unspecified atom stereocenters. The standard InChI is InChI=1S/C12H13BrO3/c13-10-3-5-11(6-4-10)14-7-1-2-12-15-8-9-16-12/h3-6,8-9,12H,1-2,7H2. The maximum atomic E-state index is 5.57. The molecule has 0 amide bonds. The summed E-state index contributed by atoms with van der Waals surface area (Å²) in [5.41, 5.74) is 0. The summed E-state index contributed by atoms with van der Waals surface area (Å²) in [4.78, 5) is 0. The SMILES string of the molecule is Brc1ccc(OCCCC2OC=CO2)cc1. The lowest BCUT2D eigenvalue weighted by Crippen LogP contribution is -2.09. The molecular formula is C12H13BrO3. The van der Waals surface area contributed by atoms with Gasteiger partial charge in [-0.2, -0.15) is 0 Å². The Morgan fingerprint density at radius 2 is 1.81 bits per heavy atom. The van der Waals surface area contributed by atoms with Gasteiger partial charge in [-0.05, 0) is 30.7 Å². The predicted octanol–water partition coefficient (Wildman–Crippen LogP) is 3.45. The van der Waals surface area contributed by atoms with Gasteiger partial charge in [0.1, 0.15) is 18.3 Å². The summed E-state index contributed by atoms with van der Waals surface area (Å²) >= 11 is 3.38. The quantitative estimate of drug-likeness (QED) is 0.775. The Hall–Kier alpha value is -1.16. The molecule has 0 N–H and O–H groups in total. The fraction of sp³-hybridized carbons (Fsp3) is 0.333. The van der Waals surface area contributed by atoms with Crippen molar-refractivity contribution in [1.29, 1.82) is 0 Å². The van der Waals surface area contributed by atoms with E-state index in [2.05, 4.69) is 15.9 Å². The summed E-state index contributed by atoms with van der Waals surface area (Å²) in [6.45, 7) is 0.671. The molecular weight excluding hydrogens is 272 g/mol. The largest absolute Gasteiger partial charge is 0.494 e. The molecule has 0 saturated heterocycles. The van der Waals surface area contributed by atoms with Crippen LogP contribution < -0.4 is 4.74 Å². The van der Waals surface area contributed by atoms with Crippen LogP contribution in [0.1, 0.15) is 12.8 Å². The molecule has 1 heterocycles. The van der Waals surface area contributed by atoms with E-state index in [1.165, 1.54) is 0 Å². The molecule has 1 aromatic rings. The Labute approximate surface area is 103 Å². The first kappa shape index (κ1) is 11.3. The summed E-state index contributed by atoms with van der Waals surface area (Å²) in [7, 11) is 0. The van der Waals surface area contributed by atoms with E-state index in [-0.39, 0.29) is 6.29 Å². The van der Waals surface area contributed by atoms with Crippen molar-refractivity contribution in [3.63, 3.8) is 0 Å². The third-order valence-electron chi connectivity index (χ3n) is 2.18. The summed E-state index contributed by atoms with van der Waals surface area (Å²) < 4.78 is 16.9. The summed E-state index contributed by atoms with van der Waals surface area (Å²) in [6.07, 6.45) is 4.75. The smallest absolute Gasteiger partial charge is 0.239 e. The number of hydrogen-bond acceptors (Lipinski definition) is 3. The van der Waals surface area contributed by atoms with Gasteiger partial charge in [0.15, 0.2) is 0 Å². The van der Waals surface area contributed by atoms with Crippen LogP contribution in [0.3, 0.4) is 0 Å². The van der Waals surface area contributed by atoms with Crippen molar-refractivity contribution >= 4 is 15.9 Å². The van der Waals surface area contributed by atoms with Crippen LogP contribution in [0, 0.1) is 0 Å². The summed E-state index contributed by atoms with van der Waals surface area (Å²) in [5, 5.41) is 0. The van der Waals surface area contributed by atoms with Crippen molar-refractivity contribution < 1.29 is 14.2 Å². The van der Waals surface area contributed by atoms with Gasteiger partial charge in [-0.1, -0.05) is 15.9 Å². The van der Waals surface area contributed by atoms with Crippen LogP contribution in [0.25, 0.3) is 0 Å². The van der Waals surface area contributed by atoms with Crippen LogP contribution in [0.15, 0.2) is 41.3 Å². The van der Waals surface area contributed by atoms with E-state index in [0.29, 0.717) is 6.61 Å². The van der Waals surface area contributed by atoms with Gasteiger partial charge in [0.2, 0.25) is 6.29 Å². The molecule has 1 aliphatic heterocycles. The van der Waals surface area contributed by atoms with Crippen molar-refractivity contribution in [1.82, 2.24) is 0 Å². The molecule has 16 heavy (non-hydrogen) atoms. The Morgan fingerprint density at radius 3 is 2.50 bits per heavy atom. The topological polar surface area (TPSA) is 27.7 Å². The highest BCUT2D eigenvalue weighted by atomic mass is 79.9. The van der Waals surface area contributed by atoms with Crippen LogP contribution in [0.4, 0.5) is 0 Å². The van der Waals surface area contributed by atoms with E-state index in [4.69, 9.17) is 14.2 Å². The lowest BCUT2D eigenvalue weighted by Gasteiger charge is -2.10. The average Bonchev–Trinajstić information content (AvgIpc) is 2.80. The zero-order chi connectivity index (χ0) is 11.2. The molecule has 0 spiro atoms. The third kappa shape index (κ3) is 3.45. The highest BCUT2D eigenvalue weighted by Gasteiger charge is 2.11. The Balaban J connectivity index is 1.62. The second kappa shape index (κ2) is 5.80. The maximum Gasteiger partial charge on any atom is 0.239 e. The fourth-order valence-electron chi connectivity index (χ4n) is 1.38. The highest BCUT2D eigenvalue weighted by Crippen LogP contribution is 2.17. The molecule has 1 aromatic carbocycles. The molecule has 0 bridgehead atoms. The van der Waals surface area contributed by atoms with Crippen molar-refractivity contribution in [2.24, 2.45) is 0 Å². The van der Waals surface area contributed by atoms with Gasteiger partial charge in [0, 0.05) is 10.9 Å². The monoisotopic (exact) mass is 284 g/mol. The van der Waals surface area contributed by atoms with Crippen molar-refractivity contribution in [3.05, 3.63) is 41.3 Å². The Kier molecular flexibility index (Phi) is 4.10. The number of ether oxygens (including phenoxy) is 3. The fourth-order valence-corrected chi connectivity index (χ4v) is 1.64. The number of halogens is 1. The Bertz CT molecular complexity index is 340. The minimum atomic E-state index is -0.131. The zero-order valence-electron chi connectivity index (χ0n) is 8.77. The zero-order valence-corrected chi connectivity index (χ0v) is 10.4. The van der Waals surface area contributed by atoms with Gasteiger partial charge in [0.25, 0.3) is 0 Å². The van der Waals surface area contributed by atoms with E-state index >= 15 is 0 Å². The van der Waals surface area contributed by atoms with Crippen molar-refractivity contribution in [2.75, 3.05) is 6.61 Å². The molecule has 0 aromatic heterocycles. The molecule has 4 heteroatoms. The molecule has 0 aliphatic carbocycles. The van der Waals surface area contributed by atoms with Crippen LogP contribution in [-0.4, -0.2) is 12.9 Å². The molecule has 2 rings (SSSR count). The number of hydrogen-bond donors (Lipinski definition) is 0. The molecule has 0 radical (unpaired) electrons. The minimum absolute atomic E-state index is 0.131. The Morgan fingerprint density at radius 1 is 1.12 bits per heavy atom. The van der Waals surface area contributed by atoms with Gasteiger partial charge in [-0.25, -0.2) is 0 Å². The second-order valence-corrected chi connectivity index (χ2v) is 4.33. The number of rotatable bonds is 5. The van der Waals surface area contributed by atoms with Crippen LogP contribution in [0.2, 0.25) is 0 Å². The van der Waals surface area contributed by atoms with Crippen LogP contribution in [0.5, 0.6) is 5.75 Å². The first-order valence-corrected chi connectivity index (χ1v) is 5.98. The molecule has 86 valence electrons. The molecule has 0 saturated carbocycles. The van der Waals surface area contributed by atoms with Crippen molar-refractivity contribution in [2.45, 2.75) is 19.1 Å². The van der Waals surface area contributed by atoms with E-state index < -0.39 is 0 Å². The lowest BCUT2D eigenvalue weighted by atomic mass is 10.3. The maximum absolute atomic E-state index is 5.57. The van der Waals surface area contributed by atoms with Crippen molar-refractivity contribution in [3.8, 4) is 5.75 Å². The van der Waals surface area contributed by atoms with E-state index in [1.807, 2.05) is 24.3 Å². The van der Waals surface area contributed by atoms with Crippen LogP contribution >= 0.6 is 15.9 Å². The lowest BCUT2D eigenvalue weighted by molar-refractivity contribution is -0.0310. The number of benzene rings is 1. The summed E-state index contributed by atoms with van der Waals surface area (Å²) in [5.74, 6) is 0.884. The first-order valence-electron chi connectivity index (χ1n) is 5.19.